The predicted octanol–water partition coefficient (Wildman–Crippen LogP) is 2.01. The van der Waals surface area contributed by atoms with E-state index in [0.717, 1.165) is 19.0 Å². The average Bonchev–Trinajstić information content (AvgIpc) is 3.09. The SMILES string of the molecule is C[C@@H]1CCO[C@@H]1C(=O)NC[C@H]1CCc2nc(C(F)(F)F)cn2C1. The molecule has 0 bridgehead atoms. The van der Waals surface area contributed by atoms with Crippen molar-refractivity contribution in [1.82, 2.24) is 14.9 Å². The van der Waals surface area contributed by atoms with Crippen LogP contribution >= 0.6 is 0 Å². The fraction of sp³-hybridized carbons (Fsp3) is 0.733. The number of ether oxygens (including phenoxy) is 1. The first-order valence-electron chi connectivity index (χ1n) is 7.87. The van der Waals surface area contributed by atoms with Crippen LogP contribution in [-0.4, -0.2) is 34.7 Å². The smallest absolute Gasteiger partial charge is 0.368 e. The minimum atomic E-state index is -4.41. The van der Waals surface area contributed by atoms with Crippen LogP contribution in [0.5, 0.6) is 0 Å². The van der Waals surface area contributed by atoms with Crippen molar-refractivity contribution in [3.05, 3.63) is 17.7 Å². The Labute approximate surface area is 132 Å². The minimum Gasteiger partial charge on any atom is -0.368 e. The highest BCUT2D eigenvalue weighted by molar-refractivity contribution is 5.81. The molecule has 1 N–H and O–H groups in total. The number of carbonyl (C=O) groups excluding carboxylic acids is 1. The Balaban J connectivity index is 1.55. The van der Waals surface area contributed by atoms with E-state index in [1.54, 1.807) is 4.57 Å². The van der Waals surface area contributed by atoms with Gasteiger partial charge in [0.25, 0.3) is 0 Å². The number of alkyl halides is 3. The number of imidazole rings is 1. The monoisotopic (exact) mass is 331 g/mol. The van der Waals surface area contributed by atoms with Gasteiger partial charge in [0.15, 0.2) is 5.69 Å². The number of rotatable bonds is 3. The van der Waals surface area contributed by atoms with Crippen molar-refractivity contribution in [3.8, 4) is 0 Å². The van der Waals surface area contributed by atoms with E-state index in [9.17, 15) is 18.0 Å². The van der Waals surface area contributed by atoms with Crippen LogP contribution in [0.4, 0.5) is 13.2 Å². The molecule has 2 aliphatic rings. The minimum absolute atomic E-state index is 0.110. The highest BCUT2D eigenvalue weighted by atomic mass is 19.4. The summed E-state index contributed by atoms with van der Waals surface area (Å²) in [6.45, 7) is 3.47. The molecule has 3 heterocycles. The molecule has 2 aliphatic heterocycles. The van der Waals surface area contributed by atoms with Gasteiger partial charge in [0.2, 0.25) is 5.91 Å². The molecule has 1 aromatic heterocycles. The lowest BCUT2D eigenvalue weighted by Gasteiger charge is -2.24. The summed E-state index contributed by atoms with van der Waals surface area (Å²) in [5, 5.41) is 2.87. The number of halogens is 3. The maximum absolute atomic E-state index is 12.7. The summed E-state index contributed by atoms with van der Waals surface area (Å²) in [5.41, 5.74) is -0.842. The molecule has 1 saturated heterocycles. The Hall–Kier alpha value is -1.57. The molecule has 1 aromatic rings. The van der Waals surface area contributed by atoms with Crippen molar-refractivity contribution in [3.63, 3.8) is 0 Å². The van der Waals surface area contributed by atoms with Gasteiger partial charge in [-0.1, -0.05) is 6.92 Å². The highest BCUT2D eigenvalue weighted by Gasteiger charge is 2.36. The summed E-state index contributed by atoms with van der Waals surface area (Å²) < 4.78 is 45.0. The van der Waals surface area contributed by atoms with E-state index in [2.05, 4.69) is 10.3 Å². The molecule has 0 spiro atoms. The number of hydrogen-bond acceptors (Lipinski definition) is 3. The zero-order valence-corrected chi connectivity index (χ0v) is 12.9. The van der Waals surface area contributed by atoms with Crippen LogP contribution in [0.25, 0.3) is 0 Å². The van der Waals surface area contributed by atoms with Crippen molar-refractivity contribution in [2.24, 2.45) is 11.8 Å². The van der Waals surface area contributed by atoms with Crippen LogP contribution in [0.1, 0.15) is 31.3 Å². The first kappa shape index (κ1) is 16.3. The van der Waals surface area contributed by atoms with Crippen molar-refractivity contribution in [1.29, 1.82) is 0 Å². The second kappa shape index (κ2) is 6.14. The summed E-state index contributed by atoms with van der Waals surface area (Å²) in [7, 11) is 0. The molecule has 23 heavy (non-hydrogen) atoms. The molecule has 3 atom stereocenters. The molecule has 0 aromatic carbocycles. The van der Waals surface area contributed by atoms with E-state index < -0.39 is 18.0 Å². The molecule has 0 unspecified atom stereocenters. The lowest BCUT2D eigenvalue weighted by Crippen LogP contribution is -2.41. The Morgan fingerprint density at radius 2 is 2.26 bits per heavy atom. The van der Waals surface area contributed by atoms with Gasteiger partial charge in [-0.2, -0.15) is 13.2 Å². The van der Waals surface area contributed by atoms with Crippen LogP contribution in [0.15, 0.2) is 6.20 Å². The Bertz CT molecular complexity index is 585. The molecule has 5 nitrogen and oxygen atoms in total. The molecule has 1 fully saturated rings. The van der Waals surface area contributed by atoms with Gasteiger partial charge in [-0.15, -0.1) is 0 Å². The number of nitrogens with one attached hydrogen (secondary N) is 1. The van der Waals surface area contributed by atoms with E-state index in [1.165, 1.54) is 0 Å². The summed E-state index contributed by atoms with van der Waals surface area (Å²) in [5.74, 6) is 0.657. The van der Waals surface area contributed by atoms with Gasteiger partial charge >= 0.3 is 6.18 Å². The molecule has 128 valence electrons. The Kier molecular flexibility index (Phi) is 4.35. The van der Waals surface area contributed by atoms with Gasteiger partial charge < -0.3 is 14.6 Å². The number of fused-ring (bicyclic) bond motifs is 1. The maximum atomic E-state index is 12.7. The molecule has 0 aliphatic carbocycles. The van der Waals surface area contributed by atoms with E-state index in [4.69, 9.17) is 4.74 Å². The second-order valence-corrected chi connectivity index (χ2v) is 6.40. The van der Waals surface area contributed by atoms with Crippen LogP contribution in [0, 0.1) is 11.8 Å². The van der Waals surface area contributed by atoms with Gasteiger partial charge in [-0.3, -0.25) is 4.79 Å². The molecule has 0 radical (unpaired) electrons. The van der Waals surface area contributed by atoms with E-state index in [0.29, 0.717) is 31.9 Å². The zero-order valence-electron chi connectivity index (χ0n) is 12.9. The van der Waals surface area contributed by atoms with Crippen LogP contribution in [-0.2, 0) is 28.7 Å². The van der Waals surface area contributed by atoms with Crippen LogP contribution < -0.4 is 5.32 Å². The number of aromatic nitrogens is 2. The van der Waals surface area contributed by atoms with Crippen LogP contribution in [0.2, 0.25) is 0 Å². The van der Waals surface area contributed by atoms with E-state index in [1.807, 2.05) is 6.92 Å². The second-order valence-electron chi connectivity index (χ2n) is 6.40. The fourth-order valence-corrected chi connectivity index (χ4v) is 3.19. The third-order valence-corrected chi connectivity index (χ3v) is 4.59. The van der Waals surface area contributed by atoms with Crippen molar-refractivity contribution < 1.29 is 22.7 Å². The van der Waals surface area contributed by atoms with Gasteiger partial charge in [0.05, 0.1) is 0 Å². The molecule has 0 saturated carbocycles. The molecular formula is C15H20F3N3O2. The summed E-state index contributed by atoms with van der Waals surface area (Å²) in [6.07, 6.45) is -1.67. The largest absolute Gasteiger partial charge is 0.434 e. The maximum Gasteiger partial charge on any atom is 0.434 e. The first-order valence-corrected chi connectivity index (χ1v) is 7.87. The van der Waals surface area contributed by atoms with Crippen molar-refractivity contribution >= 4 is 5.91 Å². The van der Waals surface area contributed by atoms with Gasteiger partial charge in [-0.25, -0.2) is 4.98 Å². The molecule has 1 amide bonds. The van der Waals surface area contributed by atoms with Crippen molar-refractivity contribution in [2.45, 2.75) is 45.0 Å². The quantitative estimate of drug-likeness (QED) is 0.922. The van der Waals surface area contributed by atoms with E-state index >= 15 is 0 Å². The first-order chi connectivity index (χ1) is 10.8. The zero-order chi connectivity index (χ0) is 16.6. The fourth-order valence-electron chi connectivity index (χ4n) is 3.19. The van der Waals surface area contributed by atoms with E-state index in [-0.39, 0.29) is 17.7 Å². The number of carbonyl (C=O) groups is 1. The Morgan fingerprint density at radius 1 is 1.48 bits per heavy atom. The lowest BCUT2D eigenvalue weighted by molar-refractivity contribution is -0.141. The number of hydrogen-bond donors (Lipinski definition) is 1. The van der Waals surface area contributed by atoms with Gasteiger partial charge in [0.1, 0.15) is 11.9 Å². The number of amides is 1. The number of aryl methyl sites for hydroxylation is 1. The predicted molar refractivity (Wildman–Crippen MR) is 75.6 cm³/mol. The third-order valence-electron chi connectivity index (χ3n) is 4.59. The molecule has 3 rings (SSSR count). The van der Waals surface area contributed by atoms with Gasteiger partial charge in [-0.05, 0) is 24.7 Å². The number of nitrogens with zero attached hydrogens (tertiary/aromatic N) is 2. The normalized spacial score (nSPS) is 27.7. The Morgan fingerprint density at radius 3 is 2.91 bits per heavy atom. The topological polar surface area (TPSA) is 56.1 Å². The standard InChI is InChI=1S/C15H20F3N3O2/c1-9-4-5-23-13(9)14(22)19-6-10-2-3-12-20-11(15(16,17)18)8-21(12)7-10/h8-10,13H,2-7H2,1H3,(H,19,22)/t9-,10-,13+/m1/s1. The lowest BCUT2D eigenvalue weighted by atomic mass is 9.98. The third kappa shape index (κ3) is 3.52. The van der Waals surface area contributed by atoms with Gasteiger partial charge in [0, 0.05) is 32.3 Å². The molecular weight excluding hydrogens is 311 g/mol. The van der Waals surface area contributed by atoms with Crippen molar-refractivity contribution in [2.75, 3.05) is 13.2 Å². The highest BCUT2D eigenvalue weighted by Crippen LogP contribution is 2.30. The molecule has 8 heteroatoms. The average molecular weight is 331 g/mol. The summed E-state index contributed by atoms with van der Waals surface area (Å²) in [6, 6.07) is 0. The van der Waals surface area contributed by atoms with Crippen LogP contribution in [0.3, 0.4) is 0 Å². The summed E-state index contributed by atoms with van der Waals surface area (Å²) >= 11 is 0. The summed E-state index contributed by atoms with van der Waals surface area (Å²) in [4.78, 5) is 15.7.